The number of hydrogen-bond acceptors (Lipinski definition) is 9. The molecule has 0 spiro atoms. The van der Waals surface area contributed by atoms with E-state index in [2.05, 4.69) is 13.2 Å². The molecule has 0 aromatic carbocycles. The van der Waals surface area contributed by atoms with Crippen molar-refractivity contribution in [1.29, 1.82) is 0 Å². The molecule has 0 N–H and O–H groups in total. The van der Waals surface area contributed by atoms with Crippen molar-refractivity contribution >= 4 is 57.7 Å². The second-order valence-electron chi connectivity index (χ2n) is 7.12. The highest BCUT2D eigenvalue weighted by Crippen LogP contribution is 2.39. The van der Waals surface area contributed by atoms with Gasteiger partial charge in [0.15, 0.2) is 0 Å². The van der Waals surface area contributed by atoms with Crippen LogP contribution in [0, 0.1) is 6.92 Å². The third kappa shape index (κ3) is 6.18. The van der Waals surface area contributed by atoms with Crippen LogP contribution in [0.5, 0.6) is 0 Å². The molecular formula is C25H26O7S2. The van der Waals surface area contributed by atoms with Gasteiger partial charge in [-0.15, -0.1) is 22.7 Å². The summed E-state index contributed by atoms with van der Waals surface area (Å²) in [5, 5.41) is 1.70. The summed E-state index contributed by atoms with van der Waals surface area (Å²) < 4.78 is 15.2. The first-order chi connectivity index (χ1) is 16.1. The number of ether oxygens (including phenoxy) is 3. The maximum atomic E-state index is 12.5. The second kappa shape index (κ2) is 11.7. The Hall–Kier alpha value is -3.30. The summed E-state index contributed by atoms with van der Waals surface area (Å²) in [6, 6.07) is 3.39. The fourth-order valence-corrected chi connectivity index (χ4v) is 4.61. The number of carbonyl (C=O) groups excluding carboxylic acids is 4. The first-order valence-electron chi connectivity index (χ1n) is 10.4. The Bertz CT molecular complexity index is 1190. The normalized spacial score (nSPS) is 12.6. The molecule has 0 radical (unpaired) electrons. The summed E-state index contributed by atoms with van der Waals surface area (Å²) >= 11 is 2.64. The third-order valence-electron chi connectivity index (χ3n) is 4.41. The smallest absolute Gasteiger partial charge is 0.347 e. The summed E-state index contributed by atoms with van der Waals surface area (Å²) in [5.41, 5.74) is 1.93. The van der Waals surface area contributed by atoms with Crippen molar-refractivity contribution < 1.29 is 33.4 Å². The van der Waals surface area contributed by atoms with Gasteiger partial charge in [-0.3, -0.25) is 0 Å². The molecule has 0 saturated carbocycles. The highest BCUT2D eigenvalue weighted by molar-refractivity contribution is 7.12. The molecule has 3 heterocycles. The average Bonchev–Trinajstić information content (AvgIpc) is 3.48. The Kier molecular flexibility index (Phi) is 9.28. The van der Waals surface area contributed by atoms with Crippen molar-refractivity contribution in [2.24, 2.45) is 0 Å². The lowest BCUT2D eigenvalue weighted by atomic mass is 9.98. The van der Waals surface area contributed by atoms with E-state index in [1.165, 1.54) is 22.7 Å². The molecule has 1 aliphatic heterocycles. The van der Waals surface area contributed by atoms with Gasteiger partial charge in [0.2, 0.25) is 0 Å². The van der Waals surface area contributed by atoms with Crippen LogP contribution in [0.1, 0.15) is 53.5 Å². The number of rotatable bonds is 8. The molecule has 2 aromatic rings. The van der Waals surface area contributed by atoms with Gasteiger partial charge in [-0.05, 0) is 38.3 Å². The first-order valence-corrected chi connectivity index (χ1v) is 12.1. The molecule has 7 nitrogen and oxygen atoms in total. The van der Waals surface area contributed by atoms with Crippen LogP contribution in [0.4, 0.5) is 0 Å². The van der Waals surface area contributed by atoms with E-state index in [-0.39, 0.29) is 35.5 Å². The number of hydrogen-bond donors (Lipinski definition) is 0. The van der Waals surface area contributed by atoms with E-state index in [1.54, 1.807) is 38.3 Å². The zero-order valence-electron chi connectivity index (χ0n) is 19.7. The summed E-state index contributed by atoms with van der Waals surface area (Å²) in [4.78, 5) is 50.4. The molecule has 0 aliphatic carbocycles. The lowest BCUT2D eigenvalue weighted by molar-refractivity contribution is -0.149. The van der Waals surface area contributed by atoms with Crippen LogP contribution in [0.25, 0.3) is 11.1 Å². The van der Waals surface area contributed by atoms with E-state index >= 15 is 0 Å². The highest BCUT2D eigenvalue weighted by atomic mass is 32.1. The molecule has 0 bridgehead atoms. The molecule has 0 atom stereocenters. The van der Waals surface area contributed by atoms with E-state index in [0.29, 0.717) is 20.9 Å². The molecule has 0 unspecified atom stereocenters. The molecule has 3 rings (SSSR count). The summed E-state index contributed by atoms with van der Waals surface area (Å²) in [7, 11) is 0. The minimum atomic E-state index is -0.742. The van der Waals surface area contributed by atoms with Crippen molar-refractivity contribution in [3.8, 4) is 0 Å². The number of cyclic esters (lactones) is 2. The van der Waals surface area contributed by atoms with Gasteiger partial charge in [0.1, 0.15) is 13.2 Å². The summed E-state index contributed by atoms with van der Waals surface area (Å²) in [6.45, 7) is 16.0. The predicted octanol–water partition coefficient (Wildman–Crippen LogP) is 5.38. The molecule has 0 amide bonds. The zero-order chi connectivity index (χ0) is 25.6. The molecule has 0 saturated heterocycles. The van der Waals surface area contributed by atoms with Crippen LogP contribution in [-0.4, -0.2) is 23.9 Å². The number of esters is 4. The van der Waals surface area contributed by atoms with E-state index in [4.69, 9.17) is 14.2 Å². The maximum absolute atomic E-state index is 12.5. The van der Waals surface area contributed by atoms with Crippen LogP contribution in [0.2, 0.25) is 0 Å². The van der Waals surface area contributed by atoms with Crippen molar-refractivity contribution in [3.05, 3.63) is 67.6 Å². The van der Waals surface area contributed by atoms with Crippen LogP contribution in [0.15, 0.2) is 41.8 Å². The zero-order valence-corrected chi connectivity index (χ0v) is 21.4. The van der Waals surface area contributed by atoms with Crippen LogP contribution >= 0.6 is 22.7 Å². The van der Waals surface area contributed by atoms with Crippen LogP contribution in [0.3, 0.4) is 0 Å². The molecule has 2 aromatic heterocycles. The minimum absolute atomic E-state index is 0.0255. The molecular weight excluding hydrogens is 476 g/mol. The summed E-state index contributed by atoms with van der Waals surface area (Å²) in [6.07, 6.45) is 0. The van der Waals surface area contributed by atoms with Crippen LogP contribution < -0.4 is 0 Å². The van der Waals surface area contributed by atoms with Gasteiger partial charge >= 0.3 is 23.9 Å². The lowest BCUT2D eigenvalue weighted by Gasteiger charge is -2.02. The van der Waals surface area contributed by atoms with Crippen molar-refractivity contribution in [2.75, 3.05) is 0 Å². The van der Waals surface area contributed by atoms with Gasteiger partial charge < -0.3 is 14.2 Å². The Morgan fingerprint density at radius 1 is 0.912 bits per heavy atom. The van der Waals surface area contributed by atoms with E-state index in [1.807, 2.05) is 13.8 Å². The maximum Gasteiger partial charge on any atom is 0.347 e. The Balaban J connectivity index is 0.00000199. The Labute approximate surface area is 206 Å². The van der Waals surface area contributed by atoms with E-state index in [9.17, 15) is 19.2 Å². The largest absolute Gasteiger partial charge is 0.457 e. The van der Waals surface area contributed by atoms with Crippen molar-refractivity contribution in [3.63, 3.8) is 0 Å². The molecule has 0 fully saturated rings. The summed E-state index contributed by atoms with van der Waals surface area (Å²) in [5.74, 6) is -2.50. The first kappa shape index (κ1) is 26.9. The quantitative estimate of drug-likeness (QED) is 0.207. The van der Waals surface area contributed by atoms with Crippen molar-refractivity contribution in [2.45, 2.75) is 47.8 Å². The fourth-order valence-electron chi connectivity index (χ4n) is 2.87. The van der Waals surface area contributed by atoms with Gasteiger partial charge in [0.25, 0.3) is 0 Å². The van der Waals surface area contributed by atoms with Crippen LogP contribution in [-0.2, 0) is 46.6 Å². The third-order valence-corrected chi connectivity index (χ3v) is 6.35. The molecule has 180 valence electrons. The number of carbonyl (C=O) groups is 4. The topological polar surface area (TPSA) is 96.0 Å². The fraction of sp³-hybridized carbons (Fsp3) is 0.280. The van der Waals surface area contributed by atoms with Crippen molar-refractivity contribution in [1.82, 2.24) is 0 Å². The Morgan fingerprint density at radius 2 is 1.44 bits per heavy atom. The second-order valence-corrected chi connectivity index (χ2v) is 9.46. The van der Waals surface area contributed by atoms with E-state index in [0.717, 1.165) is 4.88 Å². The molecule has 34 heavy (non-hydrogen) atoms. The average molecular weight is 503 g/mol. The van der Waals surface area contributed by atoms with Gasteiger partial charge in [-0.2, -0.15) is 0 Å². The number of thiophene rings is 2. The van der Waals surface area contributed by atoms with Gasteiger partial charge in [-0.1, -0.05) is 27.0 Å². The number of aryl methyl sites for hydroxylation is 1. The Morgan fingerprint density at radius 3 is 2.00 bits per heavy atom. The monoisotopic (exact) mass is 502 g/mol. The van der Waals surface area contributed by atoms with Gasteiger partial charge in [-0.25, -0.2) is 19.2 Å². The minimum Gasteiger partial charge on any atom is -0.457 e. The predicted molar refractivity (Wildman–Crippen MR) is 132 cm³/mol. The van der Waals surface area contributed by atoms with E-state index < -0.39 is 23.9 Å². The van der Waals surface area contributed by atoms with Gasteiger partial charge in [0, 0.05) is 36.9 Å². The molecule has 1 aliphatic rings. The standard InChI is InChI=1S/C23H20O7S2.C2H6/c1-11(2)20(24)28-8-15-6-14(10-31-15)18-19(23(27)30-22(18)26)17-7-16(32-13(17)5)9-29-21(25)12(3)4;1-2/h6-7,10H,1,3,8-9H2,2,4-5H3;1-2H3. The lowest BCUT2D eigenvalue weighted by Crippen LogP contribution is -2.04. The van der Waals surface area contributed by atoms with Gasteiger partial charge in [0.05, 0.1) is 11.1 Å². The SMILES string of the molecule is C=C(C)C(=O)OCc1cc(C2=C(c3cc(COC(=O)C(=C)C)sc3C)C(=O)OC2=O)cs1.CC. The molecule has 9 heteroatoms. The highest BCUT2D eigenvalue weighted by Gasteiger charge is 2.36.